The molecular weight excluding hydrogens is 376 g/mol. The first-order chi connectivity index (χ1) is 14.6. The Balaban J connectivity index is 1.48. The largest absolute Gasteiger partial charge is 0.207 e. The molecule has 1 atom stereocenters. The van der Waals surface area contributed by atoms with Crippen LogP contribution >= 0.6 is 0 Å². The van der Waals surface area contributed by atoms with Gasteiger partial charge in [-0.2, -0.15) is 5.26 Å². The van der Waals surface area contributed by atoms with Crippen molar-refractivity contribution in [2.45, 2.75) is 83.0 Å². The number of halogens is 2. The molecule has 2 aliphatic carbocycles. The molecular formula is C27H31F2N. The van der Waals surface area contributed by atoms with Gasteiger partial charge < -0.3 is 0 Å². The van der Waals surface area contributed by atoms with Crippen molar-refractivity contribution in [1.29, 1.82) is 5.26 Å². The minimum atomic E-state index is -0.375. The molecule has 2 aliphatic rings. The zero-order valence-corrected chi connectivity index (χ0v) is 17.9. The second kappa shape index (κ2) is 9.29. The van der Waals surface area contributed by atoms with E-state index in [-0.39, 0.29) is 29.0 Å². The number of hydrogen-bond acceptors (Lipinski definition) is 1. The van der Waals surface area contributed by atoms with Gasteiger partial charge in [0.1, 0.15) is 11.6 Å². The van der Waals surface area contributed by atoms with Crippen molar-refractivity contribution in [2.75, 3.05) is 0 Å². The molecule has 0 N–H and O–H groups in total. The van der Waals surface area contributed by atoms with E-state index in [1.54, 1.807) is 18.2 Å². The maximum absolute atomic E-state index is 15.1. The molecule has 2 aromatic rings. The van der Waals surface area contributed by atoms with E-state index in [0.717, 1.165) is 48.3 Å². The topological polar surface area (TPSA) is 23.8 Å². The SMILES string of the molecule is CCCCC1CCC(c2cc(F)c(C3CCc4cc(C#N)ccc4C3)c(F)c2)CC1. The third-order valence-corrected chi connectivity index (χ3v) is 7.36. The van der Waals surface area contributed by atoms with Crippen molar-refractivity contribution in [3.05, 3.63) is 69.8 Å². The maximum Gasteiger partial charge on any atom is 0.129 e. The van der Waals surface area contributed by atoms with Crippen LogP contribution in [0.3, 0.4) is 0 Å². The van der Waals surface area contributed by atoms with E-state index < -0.39 is 0 Å². The van der Waals surface area contributed by atoms with Crippen molar-refractivity contribution in [3.8, 4) is 6.07 Å². The van der Waals surface area contributed by atoms with E-state index in [1.807, 2.05) is 12.1 Å². The zero-order chi connectivity index (χ0) is 21.1. The summed E-state index contributed by atoms with van der Waals surface area (Å²) < 4.78 is 30.2. The van der Waals surface area contributed by atoms with E-state index in [4.69, 9.17) is 5.26 Å². The lowest BCUT2D eigenvalue weighted by Gasteiger charge is -2.30. The smallest absolute Gasteiger partial charge is 0.129 e. The van der Waals surface area contributed by atoms with Gasteiger partial charge in [0.15, 0.2) is 0 Å². The molecule has 0 spiro atoms. The molecule has 0 amide bonds. The minimum absolute atomic E-state index is 0.135. The van der Waals surface area contributed by atoms with Gasteiger partial charge in [-0.1, -0.05) is 32.3 Å². The molecule has 4 rings (SSSR count). The number of nitrogens with zero attached hydrogens (tertiary/aromatic N) is 1. The average molecular weight is 408 g/mol. The zero-order valence-electron chi connectivity index (χ0n) is 17.9. The van der Waals surface area contributed by atoms with Crippen molar-refractivity contribution < 1.29 is 8.78 Å². The lowest BCUT2D eigenvalue weighted by molar-refractivity contribution is 0.303. The Hall–Kier alpha value is -2.21. The molecule has 1 saturated carbocycles. The number of fused-ring (bicyclic) bond motifs is 1. The van der Waals surface area contributed by atoms with Gasteiger partial charge in [0, 0.05) is 5.56 Å². The Morgan fingerprint density at radius 1 is 0.933 bits per heavy atom. The van der Waals surface area contributed by atoms with Crippen LogP contribution in [0.25, 0.3) is 0 Å². The molecule has 0 radical (unpaired) electrons. The Labute approximate surface area is 179 Å². The van der Waals surface area contributed by atoms with Gasteiger partial charge in [0.2, 0.25) is 0 Å². The molecule has 0 saturated heterocycles. The summed E-state index contributed by atoms with van der Waals surface area (Å²) in [5.41, 5.74) is 4.00. The Kier molecular flexibility index (Phi) is 6.52. The second-order valence-corrected chi connectivity index (χ2v) is 9.29. The molecule has 0 aromatic heterocycles. The van der Waals surface area contributed by atoms with Crippen molar-refractivity contribution in [1.82, 2.24) is 0 Å². The summed E-state index contributed by atoms with van der Waals surface area (Å²) in [6, 6.07) is 11.1. The standard InChI is InChI=1S/C27H31F2N/c1-2-3-4-18-5-8-20(9-6-18)24-15-25(28)27(26(29)16-24)23-12-11-21-13-19(17-30)7-10-22(21)14-23/h7,10,13,15-16,18,20,23H,2-6,8-9,11-12,14H2,1H3. The fraction of sp³-hybridized carbons (Fsp3) is 0.519. The molecule has 1 unspecified atom stereocenters. The van der Waals surface area contributed by atoms with Crippen LogP contribution in [0.15, 0.2) is 30.3 Å². The highest BCUT2D eigenvalue weighted by molar-refractivity contribution is 5.42. The summed E-state index contributed by atoms with van der Waals surface area (Å²) in [6.07, 6.45) is 10.4. The van der Waals surface area contributed by atoms with Crippen LogP contribution in [0, 0.1) is 28.9 Å². The second-order valence-electron chi connectivity index (χ2n) is 9.29. The fourth-order valence-electron chi connectivity index (χ4n) is 5.58. The molecule has 2 aromatic carbocycles. The molecule has 0 aliphatic heterocycles. The van der Waals surface area contributed by atoms with E-state index in [0.29, 0.717) is 12.0 Å². The number of unbranched alkanes of at least 4 members (excludes halogenated alkanes) is 1. The average Bonchev–Trinajstić information content (AvgIpc) is 2.77. The highest BCUT2D eigenvalue weighted by atomic mass is 19.1. The number of aryl methyl sites for hydroxylation is 1. The van der Waals surface area contributed by atoms with Gasteiger partial charge in [-0.15, -0.1) is 0 Å². The highest BCUT2D eigenvalue weighted by Crippen LogP contribution is 2.41. The summed E-state index contributed by atoms with van der Waals surface area (Å²) in [7, 11) is 0. The van der Waals surface area contributed by atoms with Crippen molar-refractivity contribution in [3.63, 3.8) is 0 Å². The molecule has 30 heavy (non-hydrogen) atoms. The van der Waals surface area contributed by atoms with Crippen LogP contribution in [-0.2, 0) is 12.8 Å². The first-order valence-electron chi connectivity index (χ1n) is 11.6. The van der Waals surface area contributed by atoms with Crippen LogP contribution in [0.2, 0.25) is 0 Å². The summed E-state index contributed by atoms with van der Waals surface area (Å²) >= 11 is 0. The number of rotatable bonds is 5. The Morgan fingerprint density at radius 3 is 2.33 bits per heavy atom. The number of hydrogen-bond donors (Lipinski definition) is 0. The van der Waals surface area contributed by atoms with E-state index in [1.165, 1.54) is 32.1 Å². The van der Waals surface area contributed by atoms with Crippen LogP contribution in [-0.4, -0.2) is 0 Å². The predicted octanol–water partition coefficient (Wildman–Crippen LogP) is 7.57. The maximum atomic E-state index is 15.1. The van der Waals surface area contributed by atoms with Gasteiger partial charge in [0.05, 0.1) is 11.6 Å². The third kappa shape index (κ3) is 4.43. The van der Waals surface area contributed by atoms with Gasteiger partial charge in [-0.25, -0.2) is 8.78 Å². The highest BCUT2D eigenvalue weighted by Gasteiger charge is 2.28. The lowest BCUT2D eigenvalue weighted by Crippen LogP contribution is -2.17. The Bertz CT molecular complexity index is 911. The molecule has 3 heteroatoms. The molecule has 158 valence electrons. The summed E-state index contributed by atoms with van der Waals surface area (Å²) in [5.74, 6) is 0.195. The van der Waals surface area contributed by atoms with Gasteiger partial charge in [-0.05, 0) is 104 Å². The van der Waals surface area contributed by atoms with Gasteiger partial charge >= 0.3 is 0 Å². The Morgan fingerprint density at radius 2 is 1.67 bits per heavy atom. The molecule has 0 bridgehead atoms. The monoisotopic (exact) mass is 407 g/mol. The van der Waals surface area contributed by atoms with Crippen molar-refractivity contribution in [2.24, 2.45) is 5.92 Å². The quantitative estimate of drug-likeness (QED) is 0.501. The van der Waals surface area contributed by atoms with Crippen molar-refractivity contribution >= 4 is 0 Å². The molecule has 0 heterocycles. The van der Waals surface area contributed by atoms with Gasteiger partial charge in [-0.3, -0.25) is 0 Å². The first-order valence-corrected chi connectivity index (χ1v) is 11.6. The van der Waals surface area contributed by atoms with Crippen LogP contribution < -0.4 is 0 Å². The van der Waals surface area contributed by atoms with E-state index in [9.17, 15) is 0 Å². The summed E-state index contributed by atoms with van der Waals surface area (Å²) in [4.78, 5) is 0. The van der Waals surface area contributed by atoms with Crippen LogP contribution in [0.4, 0.5) is 8.78 Å². The van der Waals surface area contributed by atoms with E-state index >= 15 is 8.78 Å². The first kappa shape index (κ1) is 21.0. The summed E-state index contributed by atoms with van der Waals surface area (Å²) in [6.45, 7) is 2.23. The predicted molar refractivity (Wildman–Crippen MR) is 117 cm³/mol. The summed E-state index contributed by atoms with van der Waals surface area (Å²) in [5, 5.41) is 9.08. The van der Waals surface area contributed by atoms with Crippen LogP contribution in [0.1, 0.15) is 97.9 Å². The minimum Gasteiger partial charge on any atom is -0.207 e. The molecule has 1 nitrogen and oxygen atoms in total. The number of benzene rings is 2. The van der Waals surface area contributed by atoms with Crippen LogP contribution in [0.5, 0.6) is 0 Å². The number of nitriles is 1. The van der Waals surface area contributed by atoms with E-state index in [2.05, 4.69) is 13.0 Å². The normalized spacial score (nSPS) is 23.6. The molecule has 1 fully saturated rings. The lowest BCUT2D eigenvalue weighted by atomic mass is 9.75. The fourth-order valence-corrected chi connectivity index (χ4v) is 5.58. The third-order valence-electron chi connectivity index (χ3n) is 7.36. The van der Waals surface area contributed by atoms with Gasteiger partial charge in [0.25, 0.3) is 0 Å².